The molecule has 2 N–H and O–H groups in total. The maximum atomic E-state index is 12.6. The van der Waals surface area contributed by atoms with Crippen LogP contribution in [0.1, 0.15) is 24.4 Å². The number of hydrogen-bond donors (Lipinski definition) is 2. The summed E-state index contributed by atoms with van der Waals surface area (Å²) in [4.78, 5) is 13.9. The first-order valence-corrected chi connectivity index (χ1v) is 9.41. The Morgan fingerprint density at radius 1 is 1.19 bits per heavy atom. The molecule has 6 nitrogen and oxygen atoms in total. The van der Waals surface area contributed by atoms with E-state index >= 15 is 0 Å². The van der Waals surface area contributed by atoms with Crippen molar-refractivity contribution in [3.63, 3.8) is 0 Å². The second kappa shape index (κ2) is 7.88. The highest BCUT2D eigenvalue weighted by Gasteiger charge is 2.32. The van der Waals surface area contributed by atoms with E-state index in [-0.39, 0.29) is 5.91 Å². The summed E-state index contributed by atoms with van der Waals surface area (Å²) in [5, 5.41) is 2.98. The van der Waals surface area contributed by atoms with Crippen molar-refractivity contribution in [1.29, 1.82) is 0 Å². The fourth-order valence-corrected chi connectivity index (χ4v) is 3.95. The van der Waals surface area contributed by atoms with Crippen LogP contribution in [0.3, 0.4) is 0 Å². The number of para-hydroxylation sites is 2. The highest BCUT2D eigenvalue weighted by molar-refractivity contribution is 5.92. The molecule has 1 fully saturated rings. The van der Waals surface area contributed by atoms with Crippen molar-refractivity contribution in [1.82, 2.24) is 0 Å². The molecular formula is C21H25N2O4+. The van der Waals surface area contributed by atoms with Crippen molar-refractivity contribution in [2.45, 2.75) is 18.9 Å². The highest BCUT2D eigenvalue weighted by Crippen LogP contribution is 2.33. The number of hydrogen-bond acceptors (Lipinski definition) is 4. The molecule has 2 aliphatic rings. The van der Waals surface area contributed by atoms with Crippen LogP contribution in [0.5, 0.6) is 17.2 Å². The van der Waals surface area contributed by atoms with E-state index in [1.54, 1.807) is 7.11 Å². The van der Waals surface area contributed by atoms with Gasteiger partial charge in [-0.2, -0.15) is 0 Å². The molecule has 4 rings (SSSR count). The van der Waals surface area contributed by atoms with Crippen molar-refractivity contribution in [3.8, 4) is 17.2 Å². The largest absolute Gasteiger partial charge is 0.495 e. The van der Waals surface area contributed by atoms with Gasteiger partial charge < -0.3 is 24.4 Å². The minimum Gasteiger partial charge on any atom is -0.495 e. The van der Waals surface area contributed by atoms with Gasteiger partial charge in [0.05, 0.1) is 19.3 Å². The number of amides is 1. The van der Waals surface area contributed by atoms with E-state index in [0.717, 1.165) is 30.9 Å². The fraction of sp³-hybridized carbons (Fsp3) is 0.381. The van der Waals surface area contributed by atoms with Gasteiger partial charge in [0.25, 0.3) is 5.91 Å². The van der Waals surface area contributed by atoms with Crippen LogP contribution in [0.2, 0.25) is 0 Å². The van der Waals surface area contributed by atoms with Gasteiger partial charge in [0.2, 0.25) is 0 Å². The lowest BCUT2D eigenvalue weighted by Crippen LogP contribution is -3.11. The SMILES string of the molecule is COc1ccccc1NC(=O)C[NH+]1CCC[C@@H]1c1ccc2c(c1)OCCO2. The zero-order valence-corrected chi connectivity index (χ0v) is 15.5. The number of anilines is 1. The first-order chi connectivity index (χ1) is 13.2. The second-order valence-electron chi connectivity index (χ2n) is 6.93. The van der Waals surface area contributed by atoms with Crippen LogP contribution < -0.4 is 24.4 Å². The lowest BCUT2D eigenvalue weighted by molar-refractivity contribution is -0.910. The van der Waals surface area contributed by atoms with Crippen molar-refractivity contribution in [3.05, 3.63) is 48.0 Å². The third-order valence-electron chi connectivity index (χ3n) is 5.22. The van der Waals surface area contributed by atoms with Crippen LogP contribution in [0, 0.1) is 0 Å². The summed E-state index contributed by atoms with van der Waals surface area (Å²) < 4.78 is 16.6. The molecule has 2 aromatic rings. The normalized spacial score (nSPS) is 20.9. The Kier molecular flexibility index (Phi) is 5.16. The molecule has 0 spiro atoms. The van der Waals surface area contributed by atoms with Gasteiger partial charge in [-0.05, 0) is 30.3 Å². The molecule has 6 heteroatoms. The molecule has 1 unspecified atom stereocenters. The van der Waals surface area contributed by atoms with Crippen molar-refractivity contribution >= 4 is 11.6 Å². The lowest BCUT2D eigenvalue weighted by Gasteiger charge is -2.24. The Bertz CT molecular complexity index is 824. The van der Waals surface area contributed by atoms with Gasteiger partial charge in [0, 0.05) is 18.4 Å². The summed E-state index contributed by atoms with van der Waals surface area (Å²) in [5.41, 5.74) is 1.91. The van der Waals surface area contributed by atoms with Crippen molar-refractivity contribution in [2.24, 2.45) is 0 Å². The van der Waals surface area contributed by atoms with Crippen LogP contribution in [-0.2, 0) is 4.79 Å². The molecule has 142 valence electrons. The molecule has 2 heterocycles. The smallest absolute Gasteiger partial charge is 0.279 e. The maximum absolute atomic E-state index is 12.6. The van der Waals surface area contributed by atoms with Gasteiger partial charge in [0.1, 0.15) is 25.0 Å². The molecule has 2 aliphatic heterocycles. The third kappa shape index (κ3) is 3.85. The average Bonchev–Trinajstić information content (AvgIpc) is 3.16. The van der Waals surface area contributed by atoms with E-state index in [2.05, 4.69) is 17.4 Å². The number of rotatable bonds is 5. The number of carbonyl (C=O) groups is 1. The number of ether oxygens (including phenoxy) is 3. The number of fused-ring (bicyclic) bond motifs is 1. The molecule has 0 saturated carbocycles. The summed E-state index contributed by atoms with van der Waals surface area (Å²) in [5.74, 6) is 2.28. The Balaban J connectivity index is 1.45. The van der Waals surface area contributed by atoms with E-state index < -0.39 is 0 Å². The van der Waals surface area contributed by atoms with Crippen LogP contribution >= 0.6 is 0 Å². The summed E-state index contributed by atoms with van der Waals surface area (Å²) >= 11 is 0. The Morgan fingerprint density at radius 3 is 2.85 bits per heavy atom. The number of benzene rings is 2. The Labute approximate surface area is 159 Å². The third-order valence-corrected chi connectivity index (χ3v) is 5.22. The number of methoxy groups -OCH3 is 1. The summed E-state index contributed by atoms with van der Waals surface area (Å²) in [7, 11) is 1.61. The van der Waals surface area contributed by atoms with E-state index in [0.29, 0.717) is 37.2 Å². The van der Waals surface area contributed by atoms with E-state index in [1.165, 1.54) is 10.5 Å². The molecule has 0 radical (unpaired) electrons. The molecule has 2 atom stereocenters. The molecule has 1 amide bonds. The van der Waals surface area contributed by atoms with Gasteiger partial charge >= 0.3 is 0 Å². The molecule has 2 aromatic carbocycles. The zero-order chi connectivity index (χ0) is 18.6. The maximum Gasteiger partial charge on any atom is 0.279 e. The standard InChI is InChI=1S/C21H24N2O4/c1-25-18-7-3-2-5-16(18)22-21(24)14-23-10-4-6-17(23)15-8-9-19-20(13-15)27-12-11-26-19/h2-3,5,7-9,13,17H,4,6,10-12,14H2,1H3,(H,22,24)/p+1/t17-/m1/s1. The predicted octanol–water partition coefficient (Wildman–Crippen LogP) is 1.82. The van der Waals surface area contributed by atoms with Gasteiger partial charge in [0.15, 0.2) is 18.0 Å². The second-order valence-corrected chi connectivity index (χ2v) is 6.93. The molecule has 0 aliphatic carbocycles. The summed E-state index contributed by atoms with van der Waals surface area (Å²) in [6, 6.07) is 13.9. The number of nitrogens with one attached hydrogen (secondary N) is 2. The van der Waals surface area contributed by atoms with Gasteiger partial charge in [-0.25, -0.2) is 0 Å². The Hall–Kier alpha value is -2.73. The zero-order valence-electron chi connectivity index (χ0n) is 15.5. The van der Waals surface area contributed by atoms with Crippen LogP contribution in [0.15, 0.2) is 42.5 Å². The molecule has 27 heavy (non-hydrogen) atoms. The van der Waals surface area contributed by atoms with Crippen LogP contribution in [0.4, 0.5) is 5.69 Å². The molecular weight excluding hydrogens is 344 g/mol. The quantitative estimate of drug-likeness (QED) is 0.844. The summed E-state index contributed by atoms with van der Waals surface area (Å²) in [6.45, 7) is 2.59. The first-order valence-electron chi connectivity index (χ1n) is 9.41. The van der Waals surface area contributed by atoms with Crippen molar-refractivity contribution in [2.75, 3.05) is 38.7 Å². The minimum atomic E-state index is -0.000978. The molecule has 0 bridgehead atoms. The van der Waals surface area contributed by atoms with Gasteiger partial charge in [-0.15, -0.1) is 0 Å². The average molecular weight is 369 g/mol. The first kappa shape index (κ1) is 17.7. The van der Waals surface area contributed by atoms with E-state index in [4.69, 9.17) is 14.2 Å². The van der Waals surface area contributed by atoms with E-state index in [1.807, 2.05) is 30.3 Å². The molecule has 0 aromatic heterocycles. The highest BCUT2D eigenvalue weighted by atomic mass is 16.6. The lowest BCUT2D eigenvalue weighted by atomic mass is 10.0. The predicted molar refractivity (Wildman–Crippen MR) is 102 cm³/mol. The Morgan fingerprint density at radius 2 is 2.00 bits per heavy atom. The summed E-state index contributed by atoms with van der Waals surface area (Å²) in [6.07, 6.45) is 2.17. The van der Waals surface area contributed by atoms with Crippen molar-refractivity contribution < 1.29 is 23.9 Å². The number of quaternary nitrogens is 1. The minimum absolute atomic E-state index is 0.000978. The monoisotopic (exact) mass is 369 g/mol. The number of likely N-dealkylation sites (tertiary alicyclic amines) is 1. The van der Waals surface area contributed by atoms with Gasteiger partial charge in [-0.3, -0.25) is 4.79 Å². The number of carbonyl (C=O) groups excluding carboxylic acids is 1. The fourth-order valence-electron chi connectivity index (χ4n) is 3.95. The topological polar surface area (TPSA) is 61.2 Å². The van der Waals surface area contributed by atoms with Crippen LogP contribution in [0.25, 0.3) is 0 Å². The van der Waals surface area contributed by atoms with E-state index in [9.17, 15) is 4.79 Å². The van der Waals surface area contributed by atoms with Gasteiger partial charge in [-0.1, -0.05) is 12.1 Å². The molecule has 1 saturated heterocycles. The van der Waals surface area contributed by atoms with Crippen LogP contribution in [-0.4, -0.2) is 39.3 Å².